The number of thioether (sulfide) groups is 1. The first-order valence-corrected chi connectivity index (χ1v) is 12.8. The highest BCUT2D eigenvalue weighted by atomic mass is 35.5. The molecule has 2 aromatic carbocycles. The first kappa shape index (κ1) is 26.1. The Morgan fingerprint density at radius 2 is 1.75 bits per heavy atom. The monoisotopic (exact) mass is 526 g/mol. The van der Waals surface area contributed by atoms with Crippen LogP contribution in [0.2, 0.25) is 5.02 Å². The summed E-state index contributed by atoms with van der Waals surface area (Å²) in [6.07, 6.45) is 0. The fourth-order valence-electron chi connectivity index (χ4n) is 3.53. The Balaban J connectivity index is 1.41. The number of imidazole rings is 1. The number of aromatic amines is 1. The normalized spacial score (nSPS) is 11.2. The predicted octanol–water partition coefficient (Wildman–Crippen LogP) is 4.31. The topological polar surface area (TPSA) is 109 Å². The number of aliphatic hydroxyl groups is 1. The lowest BCUT2D eigenvalue weighted by atomic mass is 10.0. The number of methoxy groups -OCH3 is 1. The van der Waals surface area contributed by atoms with Crippen molar-refractivity contribution in [3.8, 4) is 22.4 Å². The van der Waals surface area contributed by atoms with Gasteiger partial charge < -0.3 is 24.9 Å². The summed E-state index contributed by atoms with van der Waals surface area (Å²) in [4.78, 5) is 23.6. The third kappa shape index (κ3) is 6.83. The van der Waals surface area contributed by atoms with Crippen molar-refractivity contribution in [2.75, 3.05) is 39.2 Å². The van der Waals surface area contributed by atoms with E-state index in [1.165, 1.54) is 24.4 Å². The smallest absolute Gasteiger partial charge is 0.316 e. The molecular weight excluding hydrogens is 500 g/mol. The highest BCUT2D eigenvalue weighted by Gasteiger charge is 2.13. The molecule has 4 rings (SSSR count). The number of hydrogen-bond donors (Lipinski definition) is 3. The molecule has 0 aliphatic heterocycles. The first-order chi connectivity index (χ1) is 17.6. The van der Waals surface area contributed by atoms with E-state index >= 15 is 0 Å². The SMILES string of the molecule is COC(=O)CSc1nc2nc(-c3ccc(-c4ccc(CNCCOCCO)cc4)cc3)c(Cl)cc2[nH]1. The van der Waals surface area contributed by atoms with Crippen molar-refractivity contribution in [2.45, 2.75) is 11.7 Å². The number of aliphatic hydroxyl groups excluding tert-OH is 1. The van der Waals surface area contributed by atoms with Gasteiger partial charge in [-0.15, -0.1) is 0 Å². The fourth-order valence-corrected chi connectivity index (χ4v) is 4.50. The molecule has 0 bridgehead atoms. The Bertz CT molecular complexity index is 1300. The number of hydrogen-bond acceptors (Lipinski definition) is 8. The molecule has 8 nitrogen and oxygen atoms in total. The number of rotatable bonds is 12. The molecule has 0 radical (unpaired) electrons. The van der Waals surface area contributed by atoms with E-state index in [9.17, 15) is 4.79 Å². The molecule has 0 unspecified atom stereocenters. The number of carbonyl (C=O) groups excluding carboxylic acids is 1. The number of esters is 1. The molecule has 0 amide bonds. The minimum absolute atomic E-state index is 0.0468. The lowest BCUT2D eigenvalue weighted by molar-refractivity contribution is -0.137. The van der Waals surface area contributed by atoms with Crippen molar-refractivity contribution in [3.63, 3.8) is 0 Å². The number of nitrogens with one attached hydrogen (secondary N) is 2. The third-order valence-corrected chi connectivity index (χ3v) is 6.53. The molecule has 4 aromatic rings. The summed E-state index contributed by atoms with van der Waals surface area (Å²) >= 11 is 7.78. The Kier molecular flexibility index (Phi) is 9.32. The molecule has 36 heavy (non-hydrogen) atoms. The van der Waals surface area contributed by atoms with Gasteiger partial charge in [0.1, 0.15) is 0 Å². The number of nitrogens with zero attached hydrogens (tertiary/aromatic N) is 2. The molecule has 0 saturated carbocycles. The van der Waals surface area contributed by atoms with Gasteiger partial charge in [-0.2, -0.15) is 0 Å². The van der Waals surface area contributed by atoms with Gasteiger partial charge in [0.15, 0.2) is 10.8 Å². The first-order valence-electron chi connectivity index (χ1n) is 11.4. The van der Waals surface area contributed by atoms with Crippen molar-refractivity contribution < 1.29 is 19.4 Å². The van der Waals surface area contributed by atoms with E-state index < -0.39 is 0 Å². The van der Waals surface area contributed by atoms with Gasteiger partial charge in [-0.3, -0.25) is 4.79 Å². The molecule has 0 aliphatic rings. The van der Waals surface area contributed by atoms with Crippen molar-refractivity contribution in [1.29, 1.82) is 0 Å². The number of carbonyl (C=O) groups is 1. The molecule has 188 valence electrons. The second-order valence-corrected chi connectivity index (χ2v) is 9.26. The van der Waals surface area contributed by atoms with Crippen LogP contribution in [0.3, 0.4) is 0 Å². The largest absolute Gasteiger partial charge is 0.468 e. The summed E-state index contributed by atoms with van der Waals surface area (Å²) in [6.45, 7) is 2.48. The summed E-state index contributed by atoms with van der Waals surface area (Å²) in [5.41, 5.74) is 6.18. The Morgan fingerprint density at radius 1 is 1.06 bits per heavy atom. The van der Waals surface area contributed by atoms with Gasteiger partial charge in [-0.25, -0.2) is 9.97 Å². The lowest BCUT2D eigenvalue weighted by Gasteiger charge is -2.08. The van der Waals surface area contributed by atoms with Gasteiger partial charge in [0.05, 0.1) is 48.9 Å². The van der Waals surface area contributed by atoms with Crippen LogP contribution in [0.5, 0.6) is 0 Å². The molecule has 2 heterocycles. The van der Waals surface area contributed by atoms with E-state index in [1.54, 1.807) is 6.07 Å². The van der Waals surface area contributed by atoms with Gasteiger partial charge in [0, 0.05) is 18.7 Å². The summed E-state index contributed by atoms with van der Waals surface area (Å²) in [5.74, 6) is -0.157. The van der Waals surface area contributed by atoms with E-state index in [1.807, 2.05) is 24.3 Å². The minimum Gasteiger partial charge on any atom is -0.468 e. The Labute approximate surface area is 218 Å². The van der Waals surface area contributed by atoms with E-state index in [4.69, 9.17) is 21.4 Å². The van der Waals surface area contributed by atoms with Gasteiger partial charge in [-0.1, -0.05) is 71.9 Å². The van der Waals surface area contributed by atoms with Crippen molar-refractivity contribution in [2.24, 2.45) is 0 Å². The van der Waals surface area contributed by atoms with Gasteiger partial charge in [-0.05, 0) is 22.8 Å². The van der Waals surface area contributed by atoms with E-state index in [0.717, 1.165) is 29.8 Å². The number of H-pyrrole nitrogens is 1. The summed E-state index contributed by atoms with van der Waals surface area (Å²) in [7, 11) is 1.36. The average Bonchev–Trinajstić information content (AvgIpc) is 3.31. The second-order valence-electron chi connectivity index (χ2n) is 7.88. The van der Waals surface area contributed by atoms with Crippen LogP contribution in [0.4, 0.5) is 0 Å². The van der Waals surface area contributed by atoms with Gasteiger partial charge in [0.2, 0.25) is 0 Å². The van der Waals surface area contributed by atoms with Crippen LogP contribution >= 0.6 is 23.4 Å². The highest BCUT2D eigenvalue weighted by Crippen LogP contribution is 2.31. The third-order valence-electron chi connectivity index (χ3n) is 5.39. The Hall–Kier alpha value is -2.95. The standard InChI is InChI=1S/C26H27ClN4O4S/c1-34-23(33)16-36-26-29-22-14-21(27)24(30-25(22)31-26)20-8-6-19(7-9-20)18-4-2-17(3-5-18)15-28-10-12-35-13-11-32/h2-9,14,28,32H,10-13,15-16H2,1H3,(H,29,30,31). The van der Waals surface area contributed by atoms with Crippen LogP contribution in [0.1, 0.15) is 5.56 Å². The summed E-state index contributed by atoms with van der Waals surface area (Å²) < 4.78 is 9.91. The van der Waals surface area contributed by atoms with Crippen LogP contribution in [-0.2, 0) is 20.8 Å². The quantitative estimate of drug-likeness (QED) is 0.142. The molecule has 0 spiro atoms. The predicted molar refractivity (Wildman–Crippen MR) is 142 cm³/mol. The van der Waals surface area contributed by atoms with Crippen LogP contribution < -0.4 is 5.32 Å². The molecule has 10 heteroatoms. The van der Waals surface area contributed by atoms with E-state index in [2.05, 4.69) is 49.3 Å². The van der Waals surface area contributed by atoms with Crippen LogP contribution in [-0.4, -0.2) is 65.3 Å². The van der Waals surface area contributed by atoms with Crippen LogP contribution in [0.25, 0.3) is 33.5 Å². The Morgan fingerprint density at radius 3 is 2.44 bits per heavy atom. The zero-order valence-corrected chi connectivity index (χ0v) is 21.4. The van der Waals surface area contributed by atoms with Crippen LogP contribution in [0, 0.1) is 0 Å². The zero-order chi connectivity index (χ0) is 25.3. The molecule has 0 aliphatic carbocycles. The summed E-state index contributed by atoms with van der Waals surface area (Å²) in [5, 5.41) is 13.1. The zero-order valence-electron chi connectivity index (χ0n) is 19.8. The molecule has 3 N–H and O–H groups in total. The molecule has 0 saturated heterocycles. The van der Waals surface area contributed by atoms with E-state index in [-0.39, 0.29) is 18.3 Å². The van der Waals surface area contributed by atoms with Crippen LogP contribution in [0.15, 0.2) is 59.8 Å². The number of benzene rings is 2. The number of ether oxygens (including phenoxy) is 2. The molecular formula is C26H27ClN4O4S. The maximum Gasteiger partial charge on any atom is 0.316 e. The number of aromatic nitrogens is 3. The average molecular weight is 527 g/mol. The van der Waals surface area contributed by atoms with Crippen molar-refractivity contribution >= 4 is 40.5 Å². The molecule has 2 aromatic heterocycles. The van der Waals surface area contributed by atoms with Gasteiger partial charge in [0.25, 0.3) is 0 Å². The number of halogens is 1. The minimum atomic E-state index is -0.320. The maximum absolute atomic E-state index is 11.4. The summed E-state index contributed by atoms with van der Waals surface area (Å²) in [6, 6.07) is 18.3. The molecule has 0 atom stereocenters. The number of fused-ring (bicyclic) bond motifs is 1. The van der Waals surface area contributed by atoms with E-state index in [0.29, 0.717) is 40.3 Å². The number of pyridine rings is 1. The van der Waals surface area contributed by atoms with Crippen molar-refractivity contribution in [3.05, 3.63) is 65.2 Å². The second kappa shape index (κ2) is 12.8. The lowest BCUT2D eigenvalue weighted by Crippen LogP contribution is -2.19. The molecule has 0 fully saturated rings. The highest BCUT2D eigenvalue weighted by molar-refractivity contribution is 7.99. The van der Waals surface area contributed by atoms with Crippen molar-refractivity contribution in [1.82, 2.24) is 20.3 Å². The maximum atomic E-state index is 11.4. The van der Waals surface area contributed by atoms with Gasteiger partial charge >= 0.3 is 5.97 Å². The fraction of sp³-hybridized carbons (Fsp3) is 0.269.